The number of para-hydroxylation sites is 1. The monoisotopic (exact) mass is 403 g/mol. The highest BCUT2D eigenvalue weighted by Crippen LogP contribution is 2.27. The van der Waals surface area contributed by atoms with Crippen molar-refractivity contribution in [2.24, 2.45) is 5.10 Å². The molecule has 0 aliphatic carbocycles. The van der Waals surface area contributed by atoms with Gasteiger partial charge in [0.15, 0.2) is 36.3 Å². The summed E-state index contributed by atoms with van der Waals surface area (Å²) in [6.07, 6.45) is 1.40. The minimum Gasteiger partial charge on any atom is -0.493 e. The maximum Gasteiger partial charge on any atom is 0.277 e. The molecule has 0 atom stereocenters. The summed E-state index contributed by atoms with van der Waals surface area (Å²) in [6.45, 7) is 1.83. The topological polar surface area (TPSA) is 98.2 Å². The highest BCUT2D eigenvalue weighted by molar-refractivity contribution is 5.83. The van der Waals surface area contributed by atoms with Crippen LogP contribution in [0.4, 0.5) is 4.39 Å². The molecule has 0 spiro atoms. The molecule has 0 heterocycles. The van der Waals surface area contributed by atoms with Crippen LogP contribution in [0.15, 0.2) is 47.6 Å². The van der Waals surface area contributed by atoms with Crippen LogP contribution in [0.25, 0.3) is 0 Å². The van der Waals surface area contributed by atoms with Crippen LogP contribution < -0.4 is 25.0 Å². The van der Waals surface area contributed by atoms with Crippen molar-refractivity contribution < 1.29 is 28.2 Å². The number of halogens is 1. The predicted molar refractivity (Wildman–Crippen MR) is 105 cm³/mol. The van der Waals surface area contributed by atoms with Gasteiger partial charge >= 0.3 is 0 Å². The molecular formula is C20H22FN3O5. The lowest BCUT2D eigenvalue weighted by Crippen LogP contribution is -2.28. The summed E-state index contributed by atoms with van der Waals surface area (Å²) in [6, 6.07) is 10.7. The lowest BCUT2D eigenvalue weighted by Gasteiger charge is -2.11. The largest absolute Gasteiger partial charge is 0.493 e. The normalized spacial score (nSPS) is 10.4. The minimum absolute atomic E-state index is 0.0143. The second-order valence-electron chi connectivity index (χ2n) is 5.66. The van der Waals surface area contributed by atoms with E-state index in [9.17, 15) is 14.0 Å². The summed E-state index contributed by atoms with van der Waals surface area (Å²) in [5.41, 5.74) is 2.91. The van der Waals surface area contributed by atoms with Crippen molar-refractivity contribution in [3.63, 3.8) is 0 Å². The molecule has 2 amide bonds. The zero-order valence-corrected chi connectivity index (χ0v) is 16.1. The molecule has 0 fully saturated rings. The van der Waals surface area contributed by atoms with E-state index in [2.05, 4.69) is 15.8 Å². The van der Waals surface area contributed by atoms with Crippen molar-refractivity contribution in [3.05, 3.63) is 53.8 Å². The van der Waals surface area contributed by atoms with E-state index in [4.69, 9.17) is 14.2 Å². The van der Waals surface area contributed by atoms with Gasteiger partial charge < -0.3 is 19.5 Å². The maximum atomic E-state index is 13.4. The first-order chi connectivity index (χ1) is 14.0. The fraction of sp³-hybridized carbons (Fsp3) is 0.250. The predicted octanol–water partition coefficient (Wildman–Crippen LogP) is 1.88. The van der Waals surface area contributed by atoms with Crippen LogP contribution in [0.1, 0.15) is 12.5 Å². The minimum atomic E-state index is -0.551. The number of likely N-dealkylation sites (N-methyl/N-ethyl adjacent to an activating group) is 1. The van der Waals surface area contributed by atoms with Crippen LogP contribution in [-0.2, 0) is 9.59 Å². The highest BCUT2D eigenvalue weighted by Gasteiger charge is 2.08. The lowest BCUT2D eigenvalue weighted by molar-refractivity contribution is -0.123. The molecule has 0 saturated carbocycles. The van der Waals surface area contributed by atoms with E-state index in [0.717, 1.165) is 0 Å². The third-order valence-electron chi connectivity index (χ3n) is 3.52. The van der Waals surface area contributed by atoms with Crippen LogP contribution in [0.2, 0.25) is 0 Å². The molecule has 0 saturated heterocycles. The van der Waals surface area contributed by atoms with Gasteiger partial charge in [-0.1, -0.05) is 12.1 Å². The molecule has 0 aliphatic heterocycles. The Kier molecular flexibility index (Phi) is 8.43. The lowest BCUT2D eigenvalue weighted by atomic mass is 10.2. The Labute approximate surface area is 167 Å². The van der Waals surface area contributed by atoms with Crippen molar-refractivity contribution in [1.29, 1.82) is 0 Å². The fourth-order valence-corrected chi connectivity index (χ4v) is 2.19. The number of nitrogens with zero attached hydrogens (tertiary/aromatic N) is 1. The van der Waals surface area contributed by atoms with E-state index >= 15 is 0 Å². The van der Waals surface area contributed by atoms with Crippen molar-refractivity contribution >= 4 is 18.0 Å². The number of rotatable bonds is 10. The SMILES string of the molecule is CCNC(=O)COc1ccc(/C=N/NC(=O)COc2ccccc2F)cc1OC. The van der Waals surface area contributed by atoms with Gasteiger partial charge in [0.25, 0.3) is 11.8 Å². The van der Waals surface area contributed by atoms with Gasteiger partial charge in [0.05, 0.1) is 13.3 Å². The Hall–Kier alpha value is -3.62. The molecule has 0 bridgehead atoms. The number of ether oxygens (including phenoxy) is 3. The summed E-state index contributed by atoms with van der Waals surface area (Å²) < 4.78 is 29.2. The summed E-state index contributed by atoms with van der Waals surface area (Å²) in [5, 5.41) is 6.45. The number of carbonyl (C=O) groups excluding carboxylic acids is 2. The fourth-order valence-electron chi connectivity index (χ4n) is 2.19. The number of carbonyl (C=O) groups is 2. The molecular weight excluding hydrogens is 381 g/mol. The smallest absolute Gasteiger partial charge is 0.277 e. The van der Waals surface area contributed by atoms with Gasteiger partial charge in [0, 0.05) is 6.54 Å². The third-order valence-corrected chi connectivity index (χ3v) is 3.52. The van der Waals surface area contributed by atoms with Crippen molar-refractivity contribution in [3.8, 4) is 17.2 Å². The molecule has 8 nitrogen and oxygen atoms in total. The van der Waals surface area contributed by atoms with Crippen LogP contribution in [0.5, 0.6) is 17.2 Å². The second kappa shape index (κ2) is 11.3. The number of benzene rings is 2. The van der Waals surface area contributed by atoms with E-state index in [1.54, 1.807) is 24.3 Å². The zero-order chi connectivity index (χ0) is 21.1. The zero-order valence-electron chi connectivity index (χ0n) is 16.1. The number of hydrogen-bond donors (Lipinski definition) is 2. The van der Waals surface area contributed by atoms with Crippen molar-refractivity contribution in [2.75, 3.05) is 26.9 Å². The van der Waals surface area contributed by atoms with Gasteiger partial charge in [-0.3, -0.25) is 9.59 Å². The van der Waals surface area contributed by atoms with E-state index in [1.807, 2.05) is 6.92 Å². The summed E-state index contributed by atoms with van der Waals surface area (Å²) in [5.74, 6) is -0.533. The molecule has 0 aliphatic rings. The Balaban J connectivity index is 1.87. The van der Waals surface area contributed by atoms with E-state index in [0.29, 0.717) is 23.6 Å². The number of amides is 2. The second-order valence-corrected chi connectivity index (χ2v) is 5.66. The average Bonchev–Trinajstić information content (AvgIpc) is 2.72. The Morgan fingerprint density at radius 1 is 1.03 bits per heavy atom. The Bertz CT molecular complexity index is 873. The van der Waals surface area contributed by atoms with Crippen molar-refractivity contribution in [2.45, 2.75) is 6.92 Å². The average molecular weight is 403 g/mol. The quantitative estimate of drug-likeness (QED) is 0.466. The molecule has 0 aromatic heterocycles. The number of methoxy groups -OCH3 is 1. The van der Waals surface area contributed by atoms with Gasteiger partial charge in [-0.15, -0.1) is 0 Å². The first-order valence-electron chi connectivity index (χ1n) is 8.80. The molecule has 0 unspecified atom stereocenters. The van der Waals surface area contributed by atoms with Gasteiger partial charge in [0.2, 0.25) is 0 Å². The van der Waals surface area contributed by atoms with Gasteiger partial charge in [0.1, 0.15) is 0 Å². The van der Waals surface area contributed by atoms with Gasteiger partial charge in [-0.2, -0.15) is 5.10 Å². The highest BCUT2D eigenvalue weighted by atomic mass is 19.1. The molecule has 29 heavy (non-hydrogen) atoms. The third kappa shape index (κ3) is 7.13. The summed E-state index contributed by atoms with van der Waals surface area (Å²) >= 11 is 0. The summed E-state index contributed by atoms with van der Waals surface area (Å²) in [4.78, 5) is 23.2. The number of nitrogens with one attached hydrogen (secondary N) is 2. The molecule has 154 valence electrons. The molecule has 2 rings (SSSR count). The van der Waals surface area contributed by atoms with Gasteiger partial charge in [-0.05, 0) is 42.8 Å². The standard InChI is InChI=1S/C20H22FN3O5/c1-3-22-19(25)12-29-17-9-8-14(10-18(17)27-2)11-23-24-20(26)13-28-16-7-5-4-6-15(16)21/h4-11H,3,12-13H2,1-2H3,(H,22,25)(H,24,26)/b23-11+. The molecule has 2 N–H and O–H groups in total. The van der Waals surface area contributed by atoms with Crippen LogP contribution in [0, 0.1) is 5.82 Å². The number of hydrogen-bond acceptors (Lipinski definition) is 6. The van der Waals surface area contributed by atoms with Crippen LogP contribution in [0.3, 0.4) is 0 Å². The van der Waals surface area contributed by atoms with E-state index < -0.39 is 11.7 Å². The van der Waals surface area contributed by atoms with E-state index in [1.165, 1.54) is 31.5 Å². The maximum absolute atomic E-state index is 13.4. The number of hydrazone groups is 1. The van der Waals surface area contributed by atoms with E-state index in [-0.39, 0.29) is 24.9 Å². The Morgan fingerprint density at radius 2 is 1.76 bits per heavy atom. The first-order valence-corrected chi connectivity index (χ1v) is 8.80. The molecule has 0 radical (unpaired) electrons. The molecule has 9 heteroatoms. The van der Waals surface area contributed by atoms with Crippen LogP contribution >= 0.6 is 0 Å². The Morgan fingerprint density at radius 3 is 2.48 bits per heavy atom. The molecule has 2 aromatic carbocycles. The van der Waals surface area contributed by atoms with Crippen LogP contribution in [-0.4, -0.2) is 44.9 Å². The summed E-state index contributed by atoms with van der Waals surface area (Å²) in [7, 11) is 1.47. The molecule has 2 aromatic rings. The van der Waals surface area contributed by atoms with Crippen molar-refractivity contribution in [1.82, 2.24) is 10.7 Å². The first kappa shape index (κ1) is 21.7. The van der Waals surface area contributed by atoms with Gasteiger partial charge in [-0.25, -0.2) is 9.82 Å².